The molecule has 1 fully saturated rings. The first kappa shape index (κ1) is 24.0. The van der Waals surface area contributed by atoms with Crippen LogP contribution in [0.1, 0.15) is 39.6 Å². The quantitative estimate of drug-likeness (QED) is 0.425. The third-order valence-corrected chi connectivity index (χ3v) is 8.23. The zero-order valence-corrected chi connectivity index (χ0v) is 21.5. The predicted molar refractivity (Wildman–Crippen MR) is 140 cm³/mol. The molecular weight excluding hydrogens is 476 g/mol. The van der Waals surface area contributed by atoms with Crippen LogP contribution in [0.15, 0.2) is 48.5 Å². The fraction of sp³-hybridized carbons (Fsp3) is 0.296. The number of carbonyl (C=O) groups excluding carboxylic acids is 1. The minimum atomic E-state index is -3.13. The molecule has 1 aliphatic rings. The van der Waals surface area contributed by atoms with Crippen LogP contribution in [0, 0.1) is 20.8 Å². The summed E-state index contributed by atoms with van der Waals surface area (Å²) in [4.78, 5) is 18.5. The van der Waals surface area contributed by atoms with Gasteiger partial charge in [0, 0.05) is 11.3 Å². The number of nitrogens with zero attached hydrogens (tertiary/aromatic N) is 3. The predicted octanol–water partition coefficient (Wildman–Crippen LogP) is 4.64. The summed E-state index contributed by atoms with van der Waals surface area (Å²) in [5.74, 6) is 0.520. The number of carbonyl (C=O) groups is 1. The Morgan fingerprint density at radius 2 is 1.83 bits per heavy atom. The van der Waals surface area contributed by atoms with E-state index in [9.17, 15) is 13.2 Å². The Bertz CT molecular complexity index is 1590. The Morgan fingerprint density at radius 3 is 2.50 bits per heavy atom. The second-order valence-corrected chi connectivity index (χ2v) is 11.6. The lowest BCUT2D eigenvalue weighted by atomic mass is 10.0. The van der Waals surface area contributed by atoms with Gasteiger partial charge in [0.1, 0.15) is 5.75 Å². The maximum Gasteiger partial charge on any atom is 0.256 e. The average Bonchev–Trinajstić information content (AvgIpc) is 3.36. The highest BCUT2D eigenvalue weighted by molar-refractivity contribution is 7.91. The Labute approximate surface area is 210 Å². The highest BCUT2D eigenvalue weighted by Gasteiger charge is 2.32. The minimum Gasteiger partial charge on any atom is -0.497 e. The van der Waals surface area contributed by atoms with Crippen molar-refractivity contribution in [2.45, 2.75) is 33.2 Å². The smallest absolute Gasteiger partial charge is 0.256 e. The summed E-state index contributed by atoms with van der Waals surface area (Å²) in [5.41, 5.74) is 5.72. The number of methoxy groups -OCH3 is 1. The molecule has 1 aliphatic heterocycles. The van der Waals surface area contributed by atoms with E-state index in [4.69, 9.17) is 9.72 Å². The van der Waals surface area contributed by atoms with Gasteiger partial charge in [-0.3, -0.25) is 4.79 Å². The molecule has 4 aromatic rings. The van der Waals surface area contributed by atoms with Crippen LogP contribution in [0.25, 0.3) is 22.3 Å². The summed E-state index contributed by atoms with van der Waals surface area (Å²) in [6, 6.07) is 14.8. The van der Waals surface area contributed by atoms with Crippen molar-refractivity contribution in [2.24, 2.45) is 0 Å². The van der Waals surface area contributed by atoms with Crippen molar-refractivity contribution in [1.82, 2.24) is 14.8 Å². The van der Waals surface area contributed by atoms with E-state index >= 15 is 0 Å². The van der Waals surface area contributed by atoms with Crippen LogP contribution in [-0.4, -0.2) is 47.7 Å². The molecule has 2 aromatic carbocycles. The number of sulfone groups is 1. The molecular formula is C27H28N4O4S. The van der Waals surface area contributed by atoms with Crippen molar-refractivity contribution in [3.63, 3.8) is 0 Å². The molecule has 5 rings (SSSR count). The molecule has 1 amide bonds. The zero-order valence-electron chi connectivity index (χ0n) is 20.7. The van der Waals surface area contributed by atoms with E-state index in [0.717, 1.165) is 16.7 Å². The molecule has 186 valence electrons. The van der Waals surface area contributed by atoms with E-state index in [2.05, 4.69) is 10.4 Å². The van der Waals surface area contributed by atoms with Gasteiger partial charge in [-0.25, -0.2) is 18.1 Å². The van der Waals surface area contributed by atoms with Crippen LogP contribution >= 0.6 is 0 Å². The first-order chi connectivity index (χ1) is 17.1. The number of aryl methyl sites for hydroxylation is 3. The molecule has 1 atom stereocenters. The van der Waals surface area contributed by atoms with Gasteiger partial charge < -0.3 is 10.1 Å². The second kappa shape index (κ2) is 9.05. The van der Waals surface area contributed by atoms with Gasteiger partial charge >= 0.3 is 0 Å². The van der Waals surface area contributed by atoms with Crippen molar-refractivity contribution >= 4 is 32.5 Å². The van der Waals surface area contributed by atoms with Gasteiger partial charge in [0.05, 0.1) is 47.0 Å². The van der Waals surface area contributed by atoms with Crippen molar-refractivity contribution < 1.29 is 17.9 Å². The number of hydrogen-bond acceptors (Lipinski definition) is 6. The van der Waals surface area contributed by atoms with E-state index in [1.54, 1.807) is 17.9 Å². The van der Waals surface area contributed by atoms with Gasteiger partial charge in [-0.05, 0) is 68.7 Å². The number of nitrogens with one attached hydrogen (secondary N) is 1. The van der Waals surface area contributed by atoms with Crippen LogP contribution in [0.4, 0.5) is 5.69 Å². The summed E-state index contributed by atoms with van der Waals surface area (Å²) in [6.45, 7) is 5.79. The molecule has 2 aromatic heterocycles. The van der Waals surface area contributed by atoms with E-state index in [1.807, 2.05) is 63.2 Å². The standard InChI is InChI=1S/C27H28N4O4S/c1-16-10-17(2)12-20(11-16)28-27(32)23-14-24(19-6-5-7-22(13-19)35-4)29-26-25(23)18(3)30-31(26)21-8-9-36(33,34)15-21/h5-7,10-14,21H,8-9,15H2,1-4H3,(H,28,32). The molecule has 1 unspecified atom stereocenters. The first-order valence-corrected chi connectivity index (χ1v) is 13.6. The third-order valence-electron chi connectivity index (χ3n) is 6.48. The fourth-order valence-corrected chi connectivity index (χ4v) is 6.58. The number of anilines is 1. The lowest BCUT2D eigenvalue weighted by Gasteiger charge is -2.13. The van der Waals surface area contributed by atoms with Crippen LogP contribution in [0.5, 0.6) is 5.75 Å². The summed E-state index contributed by atoms with van der Waals surface area (Å²) in [7, 11) is -1.54. The Kier molecular flexibility index (Phi) is 6.04. The number of amides is 1. The molecule has 1 N–H and O–H groups in total. The topological polar surface area (TPSA) is 103 Å². The number of aromatic nitrogens is 3. The highest BCUT2D eigenvalue weighted by Crippen LogP contribution is 2.33. The summed E-state index contributed by atoms with van der Waals surface area (Å²) in [5, 5.41) is 8.32. The maximum atomic E-state index is 13.6. The number of rotatable bonds is 5. The van der Waals surface area contributed by atoms with E-state index in [1.165, 1.54) is 0 Å². The van der Waals surface area contributed by atoms with Crippen LogP contribution in [0.2, 0.25) is 0 Å². The summed E-state index contributed by atoms with van der Waals surface area (Å²) < 4.78 is 31.5. The van der Waals surface area contributed by atoms with Crippen LogP contribution < -0.4 is 10.1 Å². The van der Waals surface area contributed by atoms with Crippen LogP contribution in [-0.2, 0) is 9.84 Å². The van der Waals surface area contributed by atoms with Crippen molar-refractivity contribution in [1.29, 1.82) is 0 Å². The van der Waals surface area contributed by atoms with Crippen LogP contribution in [0.3, 0.4) is 0 Å². The van der Waals surface area contributed by atoms with E-state index in [0.29, 0.717) is 45.8 Å². The van der Waals surface area contributed by atoms with Crippen molar-refractivity contribution in [3.8, 4) is 17.0 Å². The molecule has 0 spiro atoms. The van der Waals surface area contributed by atoms with Gasteiger partial charge in [-0.1, -0.05) is 18.2 Å². The van der Waals surface area contributed by atoms with Gasteiger partial charge in [0.2, 0.25) is 0 Å². The van der Waals surface area contributed by atoms with E-state index in [-0.39, 0.29) is 23.5 Å². The third kappa shape index (κ3) is 4.58. The van der Waals surface area contributed by atoms with Crippen molar-refractivity contribution in [2.75, 3.05) is 23.9 Å². The number of hydrogen-bond donors (Lipinski definition) is 1. The number of fused-ring (bicyclic) bond motifs is 1. The maximum absolute atomic E-state index is 13.6. The molecule has 9 heteroatoms. The first-order valence-electron chi connectivity index (χ1n) is 11.8. The van der Waals surface area contributed by atoms with E-state index < -0.39 is 9.84 Å². The van der Waals surface area contributed by atoms with Gasteiger partial charge in [-0.2, -0.15) is 5.10 Å². The number of benzene rings is 2. The van der Waals surface area contributed by atoms with Gasteiger partial charge in [0.25, 0.3) is 5.91 Å². The monoisotopic (exact) mass is 504 g/mol. The number of pyridine rings is 1. The summed E-state index contributed by atoms with van der Waals surface area (Å²) >= 11 is 0. The normalized spacial score (nSPS) is 16.8. The Hall–Kier alpha value is -3.72. The molecule has 1 saturated heterocycles. The van der Waals surface area contributed by atoms with Crippen molar-refractivity contribution in [3.05, 3.63) is 70.9 Å². The largest absolute Gasteiger partial charge is 0.497 e. The highest BCUT2D eigenvalue weighted by atomic mass is 32.2. The number of ether oxygens (including phenoxy) is 1. The molecule has 0 radical (unpaired) electrons. The SMILES string of the molecule is COc1cccc(-c2cc(C(=O)Nc3cc(C)cc(C)c3)c3c(C)nn(C4CCS(=O)(=O)C4)c3n2)c1. The molecule has 0 aliphatic carbocycles. The molecule has 0 saturated carbocycles. The minimum absolute atomic E-state index is 0.0123. The molecule has 0 bridgehead atoms. The second-order valence-electron chi connectivity index (χ2n) is 9.40. The van der Waals surface area contributed by atoms with Gasteiger partial charge in [0.15, 0.2) is 15.5 Å². The summed E-state index contributed by atoms with van der Waals surface area (Å²) in [6.07, 6.45) is 0.466. The lowest BCUT2D eigenvalue weighted by Crippen LogP contribution is -2.15. The molecule has 3 heterocycles. The van der Waals surface area contributed by atoms with Gasteiger partial charge in [-0.15, -0.1) is 0 Å². The zero-order chi connectivity index (χ0) is 25.6. The Morgan fingerprint density at radius 1 is 1.08 bits per heavy atom. The fourth-order valence-electron chi connectivity index (χ4n) is 4.89. The Balaban J connectivity index is 1.68. The molecule has 8 nitrogen and oxygen atoms in total. The lowest BCUT2D eigenvalue weighted by molar-refractivity contribution is 0.102. The average molecular weight is 505 g/mol. The molecule has 36 heavy (non-hydrogen) atoms.